The van der Waals surface area contributed by atoms with E-state index < -0.39 is 0 Å². The van der Waals surface area contributed by atoms with Crippen molar-refractivity contribution < 1.29 is 4.79 Å². The van der Waals surface area contributed by atoms with Gasteiger partial charge in [-0.2, -0.15) is 0 Å². The number of fused-ring (bicyclic) bond motifs is 1. The van der Waals surface area contributed by atoms with E-state index in [9.17, 15) is 4.79 Å². The second-order valence-corrected chi connectivity index (χ2v) is 7.71. The molecule has 6 heteroatoms. The monoisotopic (exact) mass is 404 g/mol. The molecule has 2 aromatic carbocycles. The van der Waals surface area contributed by atoms with Gasteiger partial charge in [0.2, 0.25) is 0 Å². The van der Waals surface area contributed by atoms with Gasteiger partial charge in [-0.1, -0.05) is 29.8 Å². The zero-order valence-corrected chi connectivity index (χ0v) is 17.2. The van der Waals surface area contributed by atoms with Gasteiger partial charge in [-0.25, -0.2) is 0 Å². The Morgan fingerprint density at radius 3 is 2.59 bits per heavy atom. The van der Waals surface area contributed by atoms with Crippen molar-refractivity contribution in [2.75, 3.05) is 0 Å². The van der Waals surface area contributed by atoms with Crippen molar-refractivity contribution >= 4 is 23.2 Å². The lowest BCUT2D eigenvalue weighted by Gasteiger charge is -2.12. The van der Waals surface area contributed by atoms with Crippen LogP contribution in [0.25, 0.3) is 28.2 Å². The molecule has 0 aliphatic rings. The van der Waals surface area contributed by atoms with Crippen LogP contribution in [0.3, 0.4) is 0 Å². The highest BCUT2D eigenvalue weighted by Gasteiger charge is 2.14. The number of benzene rings is 2. The summed E-state index contributed by atoms with van der Waals surface area (Å²) >= 11 is 6.33. The normalized spacial score (nSPS) is 11.2. The largest absolute Gasteiger partial charge is 0.350 e. The molecule has 0 saturated heterocycles. The van der Waals surface area contributed by atoms with E-state index in [0.717, 1.165) is 22.3 Å². The van der Waals surface area contributed by atoms with Crippen molar-refractivity contribution in [1.82, 2.24) is 19.9 Å². The Balaban J connectivity index is 1.76. The van der Waals surface area contributed by atoms with E-state index in [4.69, 9.17) is 11.6 Å². The minimum absolute atomic E-state index is 0.0780. The van der Waals surface area contributed by atoms with Crippen molar-refractivity contribution in [3.05, 3.63) is 76.9 Å². The number of aromatic nitrogens is 3. The van der Waals surface area contributed by atoms with Crippen molar-refractivity contribution in [2.24, 2.45) is 0 Å². The summed E-state index contributed by atoms with van der Waals surface area (Å²) < 4.78 is 1.91. The van der Waals surface area contributed by atoms with Crippen molar-refractivity contribution in [3.63, 3.8) is 0 Å². The molecule has 1 amide bonds. The maximum absolute atomic E-state index is 12.4. The fraction of sp³-hybridized carbons (Fsp3) is 0.174. The minimum atomic E-state index is -0.0780. The van der Waals surface area contributed by atoms with Gasteiger partial charge in [-0.3, -0.25) is 9.20 Å². The first-order valence-corrected chi connectivity index (χ1v) is 9.83. The number of carbonyl (C=O) groups excluding carboxylic acids is 1. The average Bonchev–Trinajstić information content (AvgIpc) is 3.11. The zero-order chi connectivity index (χ0) is 20.5. The number of hydrogen-bond acceptors (Lipinski definition) is 3. The van der Waals surface area contributed by atoms with E-state index in [2.05, 4.69) is 15.5 Å². The minimum Gasteiger partial charge on any atom is -0.350 e. The van der Waals surface area contributed by atoms with Gasteiger partial charge in [0.25, 0.3) is 5.91 Å². The Kier molecular flexibility index (Phi) is 5.07. The molecule has 0 atom stereocenters. The number of hydrogen-bond donors (Lipinski definition) is 1. The molecule has 29 heavy (non-hydrogen) atoms. The maximum atomic E-state index is 12.4. The fourth-order valence-electron chi connectivity index (χ4n) is 3.30. The van der Waals surface area contributed by atoms with Crippen LogP contribution in [0.2, 0.25) is 5.02 Å². The SMILES string of the molecule is Cc1ccc(C(=O)NC(C)C)cc1-c1ccn2c(-c3ccccc3Cl)nnc2c1. The molecule has 1 N–H and O–H groups in total. The van der Waals surface area contributed by atoms with Crippen LogP contribution in [0, 0.1) is 6.92 Å². The summed E-state index contributed by atoms with van der Waals surface area (Å²) in [5, 5.41) is 12.2. The Morgan fingerprint density at radius 1 is 1.03 bits per heavy atom. The molecule has 0 aliphatic heterocycles. The number of halogens is 1. The van der Waals surface area contributed by atoms with Crippen molar-refractivity contribution in [3.8, 4) is 22.5 Å². The highest BCUT2D eigenvalue weighted by Crippen LogP contribution is 2.29. The van der Waals surface area contributed by atoms with Crippen LogP contribution in [0.1, 0.15) is 29.8 Å². The number of nitrogens with one attached hydrogen (secondary N) is 1. The van der Waals surface area contributed by atoms with E-state index >= 15 is 0 Å². The molecular formula is C23H21ClN4O. The lowest BCUT2D eigenvalue weighted by Crippen LogP contribution is -2.30. The van der Waals surface area contributed by atoms with Gasteiger partial charge in [-0.05, 0) is 73.9 Å². The number of amides is 1. The Hall–Kier alpha value is -3.18. The van der Waals surface area contributed by atoms with E-state index in [1.165, 1.54) is 0 Å². The molecule has 4 aromatic rings. The number of aryl methyl sites for hydroxylation is 1. The molecule has 0 radical (unpaired) electrons. The van der Waals surface area contributed by atoms with Gasteiger partial charge < -0.3 is 5.32 Å². The number of rotatable bonds is 4. The van der Waals surface area contributed by atoms with Crippen LogP contribution in [0.5, 0.6) is 0 Å². The molecule has 2 heterocycles. The molecule has 0 fully saturated rings. The van der Waals surface area contributed by atoms with Crippen LogP contribution in [-0.4, -0.2) is 26.5 Å². The molecular weight excluding hydrogens is 384 g/mol. The van der Waals surface area contributed by atoms with Crippen LogP contribution >= 0.6 is 11.6 Å². The van der Waals surface area contributed by atoms with Gasteiger partial charge in [-0.15, -0.1) is 10.2 Å². The molecule has 0 aliphatic carbocycles. The Morgan fingerprint density at radius 2 is 1.83 bits per heavy atom. The third kappa shape index (κ3) is 3.74. The third-order valence-electron chi connectivity index (χ3n) is 4.76. The second-order valence-electron chi connectivity index (χ2n) is 7.30. The summed E-state index contributed by atoms with van der Waals surface area (Å²) in [6, 6.07) is 17.4. The lowest BCUT2D eigenvalue weighted by atomic mass is 9.98. The van der Waals surface area contributed by atoms with Gasteiger partial charge in [0, 0.05) is 23.4 Å². The topological polar surface area (TPSA) is 59.3 Å². The predicted octanol–water partition coefficient (Wildman–Crippen LogP) is 5.16. The van der Waals surface area contributed by atoms with E-state index in [-0.39, 0.29) is 11.9 Å². The Bertz CT molecular complexity index is 1210. The number of pyridine rings is 1. The molecule has 0 bridgehead atoms. The first-order chi connectivity index (χ1) is 13.9. The zero-order valence-electron chi connectivity index (χ0n) is 16.5. The van der Waals surface area contributed by atoms with Crippen LogP contribution in [-0.2, 0) is 0 Å². The smallest absolute Gasteiger partial charge is 0.251 e. The molecule has 0 unspecified atom stereocenters. The van der Waals surface area contributed by atoms with Gasteiger partial charge >= 0.3 is 0 Å². The van der Waals surface area contributed by atoms with E-state index in [0.29, 0.717) is 22.1 Å². The summed E-state index contributed by atoms with van der Waals surface area (Å²) in [6.07, 6.45) is 1.93. The molecule has 0 saturated carbocycles. The summed E-state index contributed by atoms with van der Waals surface area (Å²) in [6.45, 7) is 5.92. The summed E-state index contributed by atoms with van der Waals surface area (Å²) in [5.41, 5.74) is 5.24. The van der Waals surface area contributed by atoms with E-state index in [1.54, 1.807) is 0 Å². The van der Waals surface area contributed by atoms with Crippen LogP contribution in [0.15, 0.2) is 60.8 Å². The van der Waals surface area contributed by atoms with Gasteiger partial charge in [0.15, 0.2) is 11.5 Å². The number of nitrogens with zero attached hydrogens (tertiary/aromatic N) is 3. The standard InChI is InChI=1S/C23H21ClN4O/c1-14(2)25-23(29)17-9-8-15(3)19(12-17)16-10-11-28-21(13-16)26-27-22(28)18-6-4-5-7-20(18)24/h4-14H,1-3H3,(H,25,29). The van der Waals surface area contributed by atoms with Crippen molar-refractivity contribution in [1.29, 1.82) is 0 Å². The third-order valence-corrected chi connectivity index (χ3v) is 5.08. The fourth-order valence-corrected chi connectivity index (χ4v) is 3.52. The molecule has 146 valence electrons. The first kappa shape index (κ1) is 19.2. The van der Waals surface area contributed by atoms with Crippen LogP contribution < -0.4 is 5.32 Å². The quantitative estimate of drug-likeness (QED) is 0.510. The highest BCUT2D eigenvalue weighted by atomic mass is 35.5. The molecule has 0 spiro atoms. The molecule has 2 aromatic heterocycles. The first-order valence-electron chi connectivity index (χ1n) is 9.45. The van der Waals surface area contributed by atoms with E-state index in [1.807, 2.05) is 86.0 Å². The van der Waals surface area contributed by atoms with Gasteiger partial charge in [0.1, 0.15) is 0 Å². The van der Waals surface area contributed by atoms with Crippen LogP contribution in [0.4, 0.5) is 0 Å². The molecule has 4 rings (SSSR count). The summed E-state index contributed by atoms with van der Waals surface area (Å²) in [4.78, 5) is 12.4. The lowest BCUT2D eigenvalue weighted by molar-refractivity contribution is 0.0943. The van der Waals surface area contributed by atoms with Crippen molar-refractivity contribution in [2.45, 2.75) is 26.8 Å². The van der Waals surface area contributed by atoms with Gasteiger partial charge in [0.05, 0.1) is 5.02 Å². The maximum Gasteiger partial charge on any atom is 0.251 e. The molecule has 5 nitrogen and oxygen atoms in total. The predicted molar refractivity (Wildman–Crippen MR) is 116 cm³/mol. The average molecular weight is 405 g/mol. The Labute approximate surface area is 174 Å². The second kappa shape index (κ2) is 7.68. The summed E-state index contributed by atoms with van der Waals surface area (Å²) in [5.74, 6) is 0.616. The highest BCUT2D eigenvalue weighted by molar-refractivity contribution is 6.33. The summed E-state index contributed by atoms with van der Waals surface area (Å²) in [7, 11) is 0. The number of carbonyl (C=O) groups is 1.